The summed E-state index contributed by atoms with van der Waals surface area (Å²) in [6, 6.07) is 21.8. The van der Waals surface area contributed by atoms with Crippen LogP contribution in [0.25, 0.3) is 11.5 Å². The summed E-state index contributed by atoms with van der Waals surface area (Å²) in [5.74, 6) is 1.72. The molecule has 8 heteroatoms. The topological polar surface area (TPSA) is 73.6 Å². The van der Waals surface area contributed by atoms with Crippen LogP contribution in [0.5, 0.6) is 5.75 Å². The van der Waals surface area contributed by atoms with Crippen LogP contribution in [-0.2, 0) is 17.7 Å². The van der Waals surface area contributed by atoms with Crippen molar-refractivity contribution in [2.45, 2.75) is 32.4 Å². The molecular formula is C29H33N5O3. The van der Waals surface area contributed by atoms with Crippen LogP contribution in [0.15, 0.2) is 72.9 Å². The molecule has 2 amide bonds. The van der Waals surface area contributed by atoms with Gasteiger partial charge in [-0.05, 0) is 54.8 Å². The molecule has 3 heterocycles. The number of aryl methyl sites for hydroxylation is 1. The number of para-hydroxylation sites is 1. The standard InChI is InChI=1S/C29H33N5O3/c1-4-25-24-20-33(29(35)30-16-10-18-36-2)27(21-11-8-14-23(19-21)37-3)26-15-9-17-32(26)28(24)34(31-25)22-12-6-5-7-13-22/h5-9,11-15,17,19,27H,4,10,16,18,20H2,1-3H3,(H,30,35). The number of hydrogen-bond acceptors (Lipinski definition) is 4. The highest BCUT2D eigenvalue weighted by molar-refractivity contribution is 5.76. The molecule has 1 aliphatic rings. The maximum Gasteiger partial charge on any atom is 0.318 e. The highest BCUT2D eigenvalue weighted by Crippen LogP contribution is 2.39. The summed E-state index contributed by atoms with van der Waals surface area (Å²) in [5.41, 5.74) is 4.96. The minimum Gasteiger partial charge on any atom is -0.497 e. The summed E-state index contributed by atoms with van der Waals surface area (Å²) in [4.78, 5) is 15.7. The smallest absolute Gasteiger partial charge is 0.318 e. The Balaban J connectivity index is 1.68. The lowest BCUT2D eigenvalue weighted by Crippen LogP contribution is -2.42. The Labute approximate surface area is 217 Å². The Hall–Kier alpha value is -4.04. The predicted octanol–water partition coefficient (Wildman–Crippen LogP) is 4.89. The molecule has 2 aromatic heterocycles. The van der Waals surface area contributed by atoms with Gasteiger partial charge < -0.3 is 24.3 Å². The fourth-order valence-electron chi connectivity index (χ4n) is 5.02. The fourth-order valence-corrected chi connectivity index (χ4v) is 5.02. The Bertz CT molecular complexity index is 1360. The number of benzene rings is 2. The van der Waals surface area contributed by atoms with E-state index in [0.29, 0.717) is 19.7 Å². The second kappa shape index (κ2) is 10.9. The van der Waals surface area contributed by atoms with E-state index in [9.17, 15) is 4.79 Å². The number of fused-ring (bicyclic) bond motifs is 3. The highest BCUT2D eigenvalue weighted by Gasteiger charge is 2.36. The largest absolute Gasteiger partial charge is 0.497 e. The Morgan fingerprint density at radius 2 is 1.92 bits per heavy atom. The van der Waals surface area contributed by atoms with Crippen LogP contribution in [0.1, 0.15) is 41.9 Å². The number of aromatic nitrogens is 3. The van der Waals surface area contributed by atoms with E-state index in [1.54, 1.807) is 14.2 Å². The van der Waals surface area contributed by atoms with Gasteiger partial charge in [0.05, 0.1) is 36.8 Å². The van der Waals surface area contributed by atoms with Gasteiger partial charge in [-0.1, -0.05) is 37.3 Å². The number of ether oxygens (including phenoxy) is 2. The van der Waals surface area contributed by atoms with Crippen molar-refractivity contribution in [1.29, 1.82) is 0 Å². The number of methoxy groups -OCH3 is 2. The van der Waals surface area contributed by atoms with Gasteiger partial charge in [-0.25, -0.2) is 9.48 Å². The molecule has 4 aromatic rings. The van der Waals surface area contributed by atoms with Crippen molar-refractivity contribution in [1.82, 2.24) is 24.6 Å². The van der Waals surface area contributed by atoms with Gasteiger partial charge in [0.15, 0.2) is 0 Å². The summed E-state index contributed by atoms with van der Waals surface area (Å²) in [5, 5.41) is 8.12. The first kappa shape index (κ1) is 24.6. The van der Waals surface area contributed by atoms with E-state index in [4.69, 9.17) is 14.6 Å². The quantitative estimate of drug-likeness (QED) is 0.351. The predicted molar refractivity (Wildman–Crippen MR) is 143 cm³/mol. The van der Waals surface area contributed by atoms with Gasteiger partial charge in [-0.2, -0.15) is 5.10 Å². The molecule has 0 spiro atoms. The zero-order valence-corrected chi connectivity index (χ0v) is 21.6. The molecule has 5 rings (SSSR count). The van der Waals surface area contributed by atoms with Crippen LogP contribution in [0, 0.1) is 0 Å². The first-order valence-electron chi connectivity index (χ1n) is 12.7. The molecule has 1 unspecified atom stereocenters. The molecule has 1 N–H and O–H groups in total. The van der Waals surface area contributed by atoms with Crippen molar-refractivity contribution in [2.24, 2.45) is 0 Å². The maximum atomic E-state index is 13.8. The Morgan fingerprint density at radius 1 is 1.08 bits per heavy atom. The molecule has 0 radical (unpaired) electrons. The molecule has 1 aliphatic heterocycles. The molecule has 0 fully saturated rings. The second-order valence-electron chi connectivity index (χ2n) is 9.04. The maximum absolute atomic E-state index is 13.8. The highest BCUT2D eigenvalue weighted by atomic mass is 16.5. The van der Waals surface area contributed by atoms with E-state index in [1.165, 1.54) is 0 Å². The zero-order valence-electron chi connectivity index (χ0n) is 21.6. The minimum atomic E-state index is -0.325. The summed E-state index contributed by atoms with van der Waals surface area (Å²) in [6.07, 6.45) is 3.56. The molecule has 0 saturated heterocycles. The van der Waals surface area contributed by atoms with Gasteiger partial charge in [-0.15, -0.1) is 0 Å². The second-order valence-corrected chi connectivity index (χ2v) is 9.04. The Kier molecular flexibility index (Phi) is 7.28. The summed E-state index contributed by atoms with van der Waals surface area (Å²) in [7, 11) is 3.33. The fraction of sp³-hybridized carbons (Fsp3) is 0.310. The molecule has 0 aliphatic carbocycles. The molecule has 37 heavy (non-hydrogen) atoms. The van der Waals surface area contributed by atoms with E-state index in [1.807, 2.05) is 52.0 Å². The number of nitrogens with zero attached hydrogens (tertiary/aromatic N) is 4. The SMILES string of the molecule is CCc1nn(-c2ccccc2)c2c1CN(C(=O)NCCCOC)C(c1cccc(OC)c1)c1cccn1-2. The average Bonchev–Trinajstić information content (AvgIpc) is 3.52. The number of carbonyl (C=O) groups excluding carboxylic acids is 1. The van der Waals surface area contributed by atoms with Crippen molar-refractivity contribution >= 4 is 6.03 Å². The summed E-state index contributed by atoms with van der Waals surface area (Å²) < 4.78 is 14.9. The van der Waals surface area contributed by atoms with Crippen LogP contribution in [0.2, 0.25) is 0 Å². The van der Waals surface area contributed by atoms with Crippen molar-refractivity contribution in [2.75, 3.05) is 27.4 Å². The van der Waals surface area contributed by atoms with E-state index < -0.39 is 0 Å². The third kappa shape index (κ3) is 4.72. The lowest BCUT2D eigenvalue weighted by atomic mass is 10.0. The van der Waals surface area contributed by atoms with Crippen molar-refractivity contribution in [3.63, 3.8) is 0 Å². The summed E-state index contributed by atoms with van der Waals surface area (Å²) >= 11 is 0. The lowest BCUT2D eigenvalue weighted by molar-refractivity contribution is 0.174. The van der Waals surface area contributed by atoms with Gasteiger partial charge in [0.2, 0.25) is 0 Å². The van der Waals surface area contributed by atoms with Crippen molar-refractivity contribution < 1.29 is 14.3 Å². The molecular weight excluding hydrogens is 466 g/mol. The van der Waals surface area contributed by atoms with E-state index in [2.05, 4.69) is 47.3 Å². The minimum absolute atomic E-state index is 0.126. The van der Waals surface area contributed by atoms with E-state index in [-0.39, 0.29) is 12.1 Å². The third-order valence-electron chi connectivity index (χ3n) is 6.78. The van der Waals surface area contributed by atoms with E-state index in [0.717, 1.165) is 52.6 Å². The van der Waals surface area contributed by atoms with Crippen LogP contribution in [0.4, 0.5) is 4.79 Å². The Morgan fingerprint density at radius 3 is 2.68 bits per heavy atom. The van der Waals surface area contributed by atoms with Crippen LogP contribution in [-0.4, -0.2) is 52.6 Å². The number of urea groups is 1. The normalized spacial score (nSPS) is 14.6. The molecule has 2 aromatic carbocycles. The molecule has 0 saturated carbocycles. The van der Waals surface area contributed by atoms with Gasteiger partial charge in [0.1, 0.15) is 11.6 Å². The first-order valence-corrected chi connectivity index (χ1v) is 12.7. The van der Waals surface area contributed by atoms with Crippen LogP contribution >= 0.6 is 0 Å². The number of nitrogens with one attached hydrogen (secondary N) is 1. The molecule has 8 nitrogen and oxygen atoms in total. The molecule has 0 bridgehead atoms. The summed E-state index contributed by atoms with van der Waals surface area (Å²) in [6.45, 7) is 3.65. The lowest BCUT2D eigenvalue weighted by Gasteiger charge is -2.31. The molecule has 1 atom stereocenters. The van der Waals surface area contributed by atoms with Crippen LogP contribution in [0.3, 0.4) is 0 Å². The number of carbonyl (C=O) groups is 1. The molecule has 192 valence electrons. The average molecular weight is 500 g/mol. The van der Waals surface area contributed by atoms with Gasteiger partial charge >= 0.3 is 6.03 Å². The van der Waals surface area contributed by atoms with Gasteiger partial charge in [0, 0.05) is 32.0 Å². The monoisotopic (exact) mass is 499 g/mol. The zero-order chi connectivity index (χ0) is 25.8. The number of hydrogen-bond donors (Lipinski definition) is 1. The van der Waals surface area contributed by atoms with Crippen LogP contribution < -0.4 is 10.1 Å². The van der Waals surface area contributed by atoms with Gasteiger partial charge in [-0.3, -0.25) is 0 Å². The third-order valence-corrected chi connectivity index (χ3v) is 6.78. The van der Waals surface area contributed by atoms with Gasteiger partial charge in [0.25, 0.3) is 0 Å². The number of rotatable bonds is 8. The first-order chi connectivity index (χ1) is 18.2. The van der Waals surface area contributed by atoms with E-state index >= 15 is 0 Å². The van der Waals surface area contributed by atoms with Crippen molar-refractivity contribution in [3.05, 3.63) is 95.4 Å². The number of amides is 2. The van der Waals surface area contributed by atoms with Crippen molar-refractivity contribution in [3.8, 4) is 17.3 Å².